The first-order valence-electron chi connectivity index (χ1n) is 13.3. The minimum Gasteiger partial charge on any atom is -0.465 e. The Kier molecular flexibility index (Phi) is 20.6. The molecule has 1 aliphatic rings. The van der Waals surface area contributed by atoms with Crippen LogP contribution in [0.3, 0.4) is 0 Å². The number of aliphatic imine (C=N–C) groups is 1. The van der Waals surface area contributed by atoms with Crippen molar-refractivity contribution in [3.05, 3.63) is 0 Å². The molecule has 35 heavy (non-hydrogen) atoms. The molecule has 0 bridgehead atoms. The fourth-order valence-corrected chi connectivity index (χ4v) is 3.79. The molecule has 0 aromatic heterocycles. The number of nitrogens with two attached hydrogens (primary N) is 2. The first-order valence-corrected chi connectivity index (χ1v) is 13.3. The number of hydrogen-bond donors (Lipinski definition) is 4. The minimum absolute atomic E-state index is 0.0935. The van der Waals surface area contributed by atoms with Gasteiger partial charge in [0.05, 0.1) is 6.61 Å². The van der Waals surface area contributed by atoms with E-state index in [2.05, 4.69) is 17.2 Å². The molecular weight excluding hydrogens is 450 g/mol. The summed E-state index contributed by atoms with van der Waals surface area (Å²) < 4.78 is 5.15. The Morgan fingerprint density at radius 2 is 1.63 bits per heavy atom. The Balaban J connectivity index is 0.00000106. The van der Waals surface area contributed by atoms with Gasteiger partial charge in [0.2, 0.25) is 5.91 Å². The van der Waals surface area contributed by atoms with Crippen LogP contribution in [0.5, 0.6) is 0 Å². The van der Waals surface area contributed by atoms with Gasteiger partial charge in [-0.05, 0) is 39.2 Å². The second-order valence-electron chi connectivity index (χ2n) is 8.82. The highest BCUT2D eigenvalue weighted by Gasteiger charge is 2.25. The number of hydrogen-bond acceptors (Lipinski definition) is 6. The van der Waals surface area contributed by atoms with E-state index in [4.69, 9.17) is 21.3 Å². The standard InChI is InChI=1S/C20H42N4O2.C5H7NO3/c1-3-5-6-7-8-9-10-11-12-13-16-23-18(19(25)26-4-2)15-14-17-24-20(21)22;7-4-2-1-3-6(4)5(8)9/h18,23H,3-17H2,1-2H3,(H4,21,22,24);1-3H2,(H,8,9)/t18-;/m0./s1. The van der Waals surface area contributed by atoms with Crippen LogP contribution in [0.15, 0.2) is 4.99 Å². The summed E-state index contributed by atoms with van der Waals surface area (Å²) >= 11 is 0. The molecule has 0 saturated carbocycles. The molecule has 1 rings (SSSR count). The van der Waals surface area contributed by atoms with Crippen molar-refractivity contribution in [2.24, 2.45) is 16.5 Å². The molecule has 204 valence electrons. The zero-order valence-electron chi connectivity index (χ0n) is 21.9. The second-order valence-corrected chi connectivity index (χ2v) is 8.82. The van der Waals surface area contributed by atoms with Gasteiger partial charge in [-0.25, -0.2) is 9.69 Å². The van der Waals surface area contributed by atoms with Gasteiger partial charge in [0.25, 0.3) is 0 Å². The number of unbranched alkanes of at least 4 members (excludes halogenated alkanes) is 9. The number of nitrogens with zero attached hydrogens (tertiary/aromatic N) is 2. The lowest BCUT2D eigenvalue weighted by Crippen LogP contribution is -2.38. The van der Waals surface area contributed by atoms with Crippen LogP contribution in [-0.4, -0.2) is 66.2 Å². The van der Waals surface area contributed by atoms with Crippen molar-refractivity contribution < 1.29 is 24.2 Å². The summed E-state index contributed by atoms with van der Waals surface area (Å²) in [6.45, 7) is 6.25. The maximum atomic E-state index is 12.0. The predicted octanol–water partition coefficient (Wildman–Crippen LogP) is 3.77. The number of nitrogens with one attached hydrogen (secondary N) is 1. The second kappa shape index (κ2) is 22.1. The third kappa shape index (κ3) is 18.6. The number of rotatable bonds is 18. The van der Waals surface area contributed by atoms with Crippen molar-refractivity contribution in [3.8, 4) is 0 Å². The molecule has 0 aromatic carbocycles. The van der Waals surface area contributed by atoms with Crippen LogP contribution in [0, 0.1) is 0 Å². The van der Waals surface area contributed by atoms with Gasteiger partial charge in [-0.1, -0.05) is 64.7 Å². The molecule has 10 heteroatoms. The SMILES string of the molecule is CCCCCCCCCCCCN[C@@H](CCCN=C(N)N)C(=O)OCC.O=C(O)N1CCCC1=O. The van der Waals surface area contributed by atoms with Crippen molar-refractivity contribution in [1.29, 1.82) is 0 Å². The molecular formula is C25H49N5O5. The van der Waals surface area contributed by atoms with Gasteiger partial charge in [-0.15, -0.1) is 0 Å². The van der Waals surface area contributed by atoms with Crippen molar-refractivity contribution in [2.45, 2.75) is 110 Å². The fraction of sp³-hybridized carbons (Fsp3) is 0.840. The summed E-state index contributed by atoms with van der Waals surface area (Å²) in [6.07, 6.45) is 14.5. The highest BCUT2D eigenvalue weighted by Crippen LogP contribution is 2.11. The van der Waals surface area contributed by atoms with E-state index in [9.17, 15) is 14.4 Å². The highest BCUT2D eigenvalue weighted by molar-refractivity contribution is 5.92. The number of likely N-dealkylation sites (tertiary alicyclic amines) is 1. The van der Waals surface area contributed by atoms with Crippen molar-refractivity contribution in [3.63, 3.8) is 0 Å². The van der Waals surface area contributed by atoms with Crippen LogP contribution in [0.4, 0.5) is 4.79 Å². The monoisotopic (exact) mass is 499 g/mol. The maximum absolute atomic E-state index is 12.0. The average molecular weight is 500 g/mol. The van der Waals surface area contributed by atoms with Gasteiger partial charge in [0.15, 0.2) is 5.96 Å². The molecule has 0 aromatic rings. The topological polar surface area (TPSA) is 160 Å². The lowest BCUT2D eigenvalue weighted by Gasteiger charge is -2.17. The molecule has 0 aliphatic carbocycles. The number of carboxylic acid groups (broad SMARTS) is 1. The number of imide groups is 1. The lowest BCUT2D eigenvalue weighted by atomic mass is 10.1. The van der Waals surface area contributed by atoms with Crippen molar-refractivity contribution in [1.82, 2.24) is 10.2 Å². The molecule has 6 N–H and O–H groups in total. The van der Waals surface area contributed by atoms with Gasteiger partial charge < -0.3 is 26.6 Å². The maximum Gasteiger partial charge on any atom is 0.414 e. The summed E-state index contributed by atoms with van der Waals surface area (Å²) in [6, 6.07) is -0.261. The summed E-state index contributed by atoms with van der Waals surface area (Å²) in [4.78, 5) is 37.5. The molecule has 10 nitrogen and oxygen atoms in total. The van der Waals surface area contributed by atoms with E-state index in [0.29, 0.717) is 39.0 Å². The van der Waals surface area contributed by atoms with Crippen molar-refractivity contribution in [2.75, 3.05) is 26.2 Å². The third-order valence-corrected chi connectivity index (χ3v) is 5.74. The average Bonchev–Trinajstić information content (AvgIpc) is 3.25. The Morgan fingerprint density at radius 1 is 1.03 bits per heavy atom. The number of carbonyl (C=O) groups is 3. The highest BCUT2D eigenvalue weighted by atomic mass is 16.5. The molecule has 1 heterocycles. The summed E-state index contributed by atoms with van der Waals surface area (Å²) in [7, 11) is 0. The molecule has 0 radical (unpaired) electrons. The Bertz CT molecular complexity index is 611. The first-order chi connectivity index (χ1) is 16.8. The Hall–Kier alpha value is -2.36. The summed E-state index contributed by atoms with van der Waals surface area (Å²) in [5.41, 5.74) is 10.6. The van der Waals surface area contributed by atoms with E-state index in [0.717, 1.165) is 24.3 Å². The number of carbonyl (C=O) groups excluding carboxylic acids is 2. The van der Waals surface area contributed by atoms with E-state index in [1.165, 1.54) is 57.8 Å². The zero-order chi connectivity index (χ0) is 26.3. The molecule has 1 atom stereocenters. The van der Waals surface area contributed by atoms with E-state index in [1.54, 1.807) is 0 Å². The summed E-state index contributed by atoms with van der Waals surface area (Å²) in [5, 5.41) is 11.6. The van der Waals surface area contributed by atoms with Crippen LogP contribution in [-0.2, 0) is 14.3 Å². The quantitative estimate of drug-likeness (QED) is 0.0959. The van der Waals surface area contributed by atoms with E-state index >= 15 is 0 Å². The first kappa shape index (κ1) is 32.6. The van der Waals surface area contributed by atoms with E-state index in [1.807, 2.05) is 6.92 Å². The van der Waals surface area contributed by atoms with Gasteiger partial charge in [-0.2, -0.15) is 0 Å². The number of amides is 2. The van der Waals surface area contributed by atoms with Crippen LogP contribution >= 0.6 is 0 Å². The van der Waals surface area contributed by atoms with Crippen LogP contribution in [0.2, 0.25) is 0 Å². The van der Waals surface area contributed by atoms with Gasteiger partial charge in [-0.3, -0.25) is 14.6 Å². The summed E-state index contributed by atoms with van der Waals surface area (Å²) in [5.74, 6) is -0.359. The molecule has 0 unspecified atom stereocenters. The van der Waals surface area contributed by atoms with Gasteiger partial charge in [0, 0.05) is 19.5 Å². The lowest BCUT2D eigenvalue weighted by molar-refractivity contribution is -0.145. The molecule has 2 amide bonds. The minimum atomic E-state index is -1.13. The smallest absolute Gasteiger partial charge is 0.414 e. The van der Waals surface area contributed by atoms with Crippen LogP contribution in [0.25, 0.3) is 0 Å². The van der Waals surface area contributed by atoms with Crippen LogP contribution in [0.1, 0.15) is 104 Å². The zero-order valence-corrected chi connectivity index (χ0v) is 21.9. The third-order valence-electron chi connectivity index (χ3n) is 5.74. The van der Waals surface area contributed by atoms with E-state index < -0.39 is 6.09 Å². The normalized spacial score (nSPS) is 13.7. The largest absolute Gasteiger partial charge is 0.465 e. The molecule has 0 spiro atoms. The van der Waals surface area contributed by atoms with Gasteiger partial charge in [0.1, 0.15) is 6.04 Å². The van der Waals surface area contributed by atoms with Crippen molar-refractivity contribution >= 4 is 23.9 Å². The Labute approximate surface area is 211 Å². The van der Waals surface area contributed by atoms with Crippen LogP contribution < -0.4 is 16.8 Å². The predicted molar refractivity (Wildman–Crippen MR) is 139 cm³/mol. The molecule has 1 fully saturated rings. The molecule has 1 aliphatic heterocycles. The number of esters is 1. The molecule has 1 saturated heterocycles. The Morgan fingerprint density at radius 3 is 2.09 bits per heavy atom. The van der Waals surface area contributed by atoms with Gasteiger partial charge >= 0.3 is 12.1 Å². The van der Waals surface area contributed by atoms with E-state index in [-0.39, 0.29) is 23.9 Å². The fourth-order valence-electron chi connectivity index (χ4n) is 3.79. The number of guanidine groups is 1. The number of ether oxygens (including phenoxy) is 1.